The van der Waals surface area contributed by atoms with Crippen LogP contribution in [0.1, 0.15) is 56.3 Å². The lowest BCUT2D eigenvalue weighted by Gasteiger charge is -2.30. The molecule has 132 valence electrons. The van der Waals surface area contributed by atoms with Crippen LogP contribution >= 0.6 is 11.8 Å². The molecule has 5 heteroatoms. The van der Waals surface area contributed by atoms with Crippen LogP contribution in [0, 0.1) is 5.92 Å². The van der Waals surface area contributed by atoms with Crippen molar-refractivity contribution >= 4 is 23.5 Å². The number of likely N-dealkylation sites (tertiary alicyclic amines) is 1. The molecule has 1 aliphatic heterocycles. The van der Waals surface area contributed by atoms with E-state index in [-0.39, 0.29) is 5.91 Å². The fraction of sp³-hybridized carbons (Fsp3) is 0.684. The molecular formula is C19H29N3OS. The standard InChI is InChI=1S/C19H29N3OS/c1-3-24-17-6-4-5-16(17)21-18-8-7-15(13-20-18)19(23)22-11-9-14(2)10-12-22/h7-8,13-14,16-17H,3-6,9-12H2,1-2H3,(H,20,21). The number of amides is 1. The lowest BCUT2D eigenvalue weighted by molar-refractivity contribution is 0.0697. The molecule has 1 aromatic rings. The topological polar surface area (TPSA) is 45.2 Å². The zero-order chi connectivity index (χ0) is 16.9. The number of piperidine rings is 1. The zero-order valence-corrected chi connectivity index (χ0v) is 15.6. The zero-order valence-electron chi connectivity index (χ0n) is 14.8. The fourth-order valence-corrected chi connectivity index (χ4v) is 4.89. The average Bonchev–Trinajstić information content (AvgIpc) is 3.03. The number of carbonyl (C=O) groups excluding carboxylic acids is 1. The number of hydrogen-bond donors (Lipinski definition) is 1. The molecule has 0 spiro atoms. The van der Waals surface area contributed by atoms with Crippen molar-refractivity contribution in [3.05, 3.63) is 23.9 Å². The van der Waals surface area contributed by atoms with E-state index in [0.29, 0.717) is 16.9 Å². The summed E-state index contributed by atoms with van der Waals surface area (Å²) in [5.41, 5.74) is 0.709. The van der Waals surface area contributed by atoms with Gasteiger partial charge in [0.25, 0.3) is 5.91 Å². The summed E-state index contributed by atoms with van der Waals surface area (Å²) in [6.07, 6.45) is 7.75. The van der Waals surface area contributed by atoms with Crippen molar-refractivity contribution < 1.29 is 4.79 Å². The third-order valence-corrected chi connectivity index (χ3v) is 6.57. The number of rotatable bonds is 5. The number of carbonyl (C=O) groups is 1. The Labute approximate surface area is 149 Å². The highest BCUT2D eigenvalue weighted by Crippen LogP contribution is 2.31. The summed E-state index contributed by atoms with van der Waals surface area (Å²) in [6, 6.07) is 4.39. The largest absolute Gasteiger partial charge is 0.366 e. The van der Waals surface area contributed by atoms with Gasteiger partial charge in [0.2, 0.25) is 0 Å². The van der Waals surface area contributed by atoms with Crippen LogP contribution < -0.4 is 5.32 Å². The maximum absolute atomic E-state index is 12.6. The lowest BCUT2D eigenvalue weighted by atomic mass is 9.99. The number of nitrogens with zero attached hydrogens (tertiary/aromatic N) is 2. The Morgan fingerprint density at radius 2 is 2.08 bits per heavy atom. The van der Waals surface area contributed by atoms with E-state index in [1.54, 1.807) is 6.20 Å². The second-order valence-electron chi connectivity index (χ2n) is 7.08. The van der Waals surface area contributed by atoms with Crippen molar-refractivity contribution in [1.82, 2.24) is 9.88 Å². The Kier molecular flexibility index (Phi) is 6.04. The second-order valence-corrected chi connectivity index (χ2v) is 8.60. The van der Waals surface area contributed by atoms with Gasteiger partial charge >= 0.3 is 0 Å². The van der Waals surface area contributed by atoms with Crippen LogP contribution in [0.2, 0.25) is 0 Å². The first-order valence-electron chi connectivity index (χ1n) is 9.31. The van der Waals surface area contributed by atoms with Gasteiger partial charge in [0.1, 0.15) is 5.82 Å². The average molecular weight is 348 g/mol. The van der Waals surface area contributed by atoms with E-state index >= 15 is 0 Å². The summed E-state index contributed by atoms with van der Waals surface area (Å²) in [7, 11) is 0. The van der Waals surface area contributed by atoms with Gasteiger partial charge in [-0.25, -0.2) is 4.98 Å². The molecular weight excluding hydrogens is 318 g/mol. The Morgan fingerprint density at radius 3 is 2.75 bits per heavy atom. The summed E-state index contributed by atoms with van der Waals surface area (Å²) in [5, 5.41) is 4.26. The molecule has 2 atom stereocenters. The van der Waals surface area contributed by atoms with E-state index in [4.69, 9.17) is 0 Å². The van der Waals surface area contributed by atoms with Gasteiger partial charge in [0.05, 0.1) is 5.56 Å². The maximum Gasteiger partial charge on any atom is 0.255 e. The quantitative estimate of drug-likeness (QED) is 0.873. The van der Waals surface area contributed by atoms with Crippen LogP contribution in [0.3, 0.4) is 0 Å². The van der Waals surface area contributed by atoms with Gasteiger partial charge < -0.3 is 10.2 Å². The van der Waals surface area contributed by atoms with Crippen LogP contribution in [0.15, 0.2) is 18.3 Å². The van der Waals surface area contributed by atoms with Crippen LogP contribution in [0.4, 0.5) is 5.82 Å². The number of hydrogen-bond acceptors (Lipinski definition) is 4. The van der Waals surface area contributed by atoms with E-state index in [1.807, 2.05) is 28.8 Å². The van der Waals surface area contributed by atoms with Gasteiger partial charge in [0, 0.05) is 30.6 Å². The molecule has 3 rings (SSSR count). The molecule has 0 radical (unpaired) electrons. The first-order chi connectivity index (χ1) is 11.7. The van der Waals surface area contributed by atoms with E-state index in [9.17, 15) is 4.79 Å². The first kappa shape index (κ1) is 17.6. The van der Waals surface area contributed by atoms with Crippen molar-refractivity contribution in [2.24, 2.45) is 5.92 Å². The van der Waals surface area contributed by atoms with E-state index in [0.717, 1.165) is 43.4 Å². The summed E-state index contributed by atoms with van der Waals surface area (Å²) >= 11 is 2.04. The van der Waals surface area contributed by atoms with Crippen molar-refractivity contribution in [2.75, 3.05) is 24.2 Å². The van der Waals surface area contributed by atoms with E-state index in [2.05, 4.69) is 24.1 Å². The molecule has 1 amide bonds. The summed E-state index contributed by atoms with van der Waals surface area (Å²) in [5.74, 6) is 2.92. The van der Waals surface area contributed by atoms with E-state index < -0.39 is 0 Å². The molecule has 1 aromatic heterocycles. The predicted molar refractivity (Wildman–Crippen MR) is 102 cm³/mol. The maximum atomic E-state index is 12.6. The molecule has 24 heavy (non-hydrogen) atoms. The van der Waals surface area contributed by atoms with Gasteiger partial charge in [0.15, 0.2) is 0 Å². The highest BCUT2D eigenvalue weighted by Gasteiger charge is 2.27. The van der Waals surface area contributed by atoms with Crippen molar-refractivity contribution in [3.63, 3.8) is 0 Å². The smallest absolute Gasteiger partial charge is 0.255 e. The number of anilines is 1. The van der Waals surface area contributed by atoms with Gasteiger partial charge in [-0.3, -0.25) is 4.79 Å². The Bertz CT molecular complexity index is 540. The number of nitrogens with one attached hydrogen (secondary N) is 1. The SMILES string of the molecule is CCSC1CCCC1Nc1ccc(C(=O)N2CCC(C)CC2)cn1. The highest BCUT2D eigenvalue weighted by atomic mass is 32.2. The minimum Gasteiger partial charge on any atom is -0.366 e. The van der Waals surface area contributed by atoms with Gasteiger partial charge in [-0.15, -0.1) is 0 Å². The second kappa shape index (κ2) is 8.24. The normalized spacial score (nSPS) is 25.0. The third kappa shape index (κ3) is 4.24. The first-order valence-corrected chi connectivity index (χ1v) is 10.4. The van der Waals surface area contributed by atoms with Gasteiger partial charge in [-0.1, -0.05) is 20.3 Å². The third-order valence-electron chi connectivity index (χ3n) is 5.25. The van der Waals surface area contributed by atoms with Gasteiger partial charge in [-0.05, 0) is 49.5 Å². The Hall–Kier alpha value is -1.23. The van der Waals surface area contributed by atoms with Crippen molar-refractivity contribution in [2.45, 2.75) is 57.2 Å². The molecule has 2 fully saturated rings. The molecule has 2 aliphatic rings. The fourth-order valence-electron chi connectivity index (χ4n) is 3.69. The monoisotopic (exact) mass is 347 g/mol. The molecule has 1 saturated heterocycles. The molecule has 0 aromatic carbocycles. The molecule has 4 nitrogen and oxygen atoms in total. The Morgan fingerprint density at radius 1 is 1.29 bits per heavy atom. The lowest BCUT2D eigenvalue weighted by Crippen LogP contribution is -2.38. The van der Waals surface area contributed by atoms with Crippen LogP contribution in [-0.2, 0) is 0 Å². The molecule has 0 bridgehead atoms. The number of thioether (sulfide) groups is 1. The highest BCUT2D eigenvalue weighted by molar-refractivity contribution is 7.99. The molecule has 1 N–H and O–H groups in total. The van der Waals surface area contributed by atoms with Crippen LogP contribution in [0.25, 0.3) is 0 Å². The van der Waals surface area contributed by atoms with Crippen LogP contribution in [-0.4, -0.2) is 45.9 Å². The Balaban J connectivity index is 1.58. The number of pyridine rings is 1. The van der Waals surface area contributed by atoms with E-state index in [1.165, 1.54) is 19.3 Å². The molecule has 2 unspecified atom stereocenters. The summed E-state index contributed by atoms with van der Waals surface area (Å²) < 4.78 is 0. The minimum atomic E-state index is 0.126. The number of aromatic nitrogens is 1. The van der Waals surface area contributed by atoms with Gasteiger partial charge in [-0.2, -0.15) is 11.8 Å². The summed E-state index contributed by atoms with van der Waals surface area (Å²) in [4.78, 5) is 19.0. The minimum absolute atomic E-state index is 0.126. The van der Waals surface area contributed by atoms with Crippen molar-refractivity contribution in [1.29, 1.82) is 0 Å². The van der Waals surface area contributed by atoms with Crippen LogP contribution in [0.5, 0.6) is 0 Å². The molecule has 1 saturated carbocycles. The molecule has 1 aliphatic carbocycles. The molecule has 2 heterocycles. The predicted octanol–water partition coefficient (Wildman–Crippen LogP) is 4.04. The summed E-state index contributed by atoms with van der Waals surface area (Å²) in [6.45, 7) is 6.23. The van der Waals surface area contributed by atoms with Crippen molar-refractivity contribution in [3.8, 4) is 0 Å².